The standard InChI is InChI=1S/C9H14N2O/c1-2-11-6-4-9(7-11)3-5-10-8-12/h3,5,9H,2,4,6-7H2,1H3/b5-3-. The van der Waals surface area contributed by atoms with Crippen LogP contribution in [0.25, 0.3) is 0 Å². The summed E-state index contributed by atoms with van der Waals surface area (Å²) < 4.78 is 0. The van der Waals surface area contributed by atoms with Crippen LogP contribution in [0.3, 0.4) is 0 Å². The lowest BCUT2D eigenvalue weighted by Crippen LogP contribution is -2.19. The Morgan fingerprint density at radius 3 is 3.17 bits per heavy atom. The van der Waals surface area contributed by atoms with Crippen molar-refractivity contribution in [3.05, 3.63) is 12.3 Å². The summed E-state index contributed by atoms with van der Waals surface area (Å²) in [6.45, 7) is 5.54. The minimum absolute atomic E-state index is 0.571. The van der Waals surface area contributed by atoms with Crippen molar-refractivity contribution in [1.29, 1.82) is 0 Å². The first-order valence-corrected chi connectivity index (χ1v) is 4.32. The third-order valence-electron chi connectivity index (χ3n) is 2.24. The molecule has 66 valence electrons. The van der Waals surface area contributed by atoms with Crippen molar-refractivity contribution in [2.75, 3.05) is 19.6 Å². The monoisotopic (exact) mass is 166 g/mol. The van der Waals surface area contributed by atoms with Crippen molar-refractivity contribution < 1.29 is 4.79 Å². The molecule has 0 amide bonds. The van der Waals surface area contributed by atoms with Gasteiger partial charge in [-0.15, -0.1) is 0 Å². The molecule has 1 unspecified atom stereocenters. The van der Waals surface area contributed by atoms with Crippen LogP contribution in [0, 0.1) is 5.92 Å². The summed E-state index contributed by atoms with van der Waals surface area (Å²) in [6.07, 6.45) is 6.21. The number of likely N-dealkylation sites (tertiary alicyclic amines) is 1. The van der Waals surface area contributed by atoms with Gasteiger partial charge in [-0.05, 0) is 25.4 Å². The molecule has 0 aliphatic carbocycles. The first-order valence-electron chi connectivity index (χ1n) is 4.32. The first-order chi connectivity index (χ1) is 5.86. The van der Waals surface area contributed by atoms with Crippen LogP contribution in [0.2, 0.25) is 0 Å². The molecule has 3 heteroatoms. The molecule has 1 heterocycles. The zero-order valence-electron chi connectivity index (χ0n) is 7.36. The van der Waals surface area contributed by atoms with Gasteiger partial charge in [0, 0.05) is 12.7 Å². The highest BCUT2D eigenvalue weighted by Crippen LogP contribution is 2.16. The van der Waals surface area contributed by atoms with Gasteiger partial charge in [0.2, 0.25) is 6.08 Å². The van der Waals surface area contributed by atoms with Crippen LogP contribution < -0.4 is 0 Å². The summed E-state index contributed by atoms with van der Waals surface area (Å²) in [7, 11) is 0. The molecule has 0 aromatic heterocycles. The van der Waals surface area contributed by atoms with Crippen LogP contribution in [0.1, 0.15) is 13.3 Å². The van der Waals surface area contributed by atoms with E-state index in [1.807, 2.05) is 6.08 Å². The van der Waals surface area contributed by atoms with E-state index in [0.29, 0.717) is 5.92 Å². The van der Waals surface area contributed by atoms with E-state index in [2.05, 4.69) is 16.8 Å². The maximum absolute atomic E-state index is 9.75. The number of hydrogen-bond donors (Lipinski definition) is 0. The normalized spacial score (nSPS) is 24.6. The van der Waals surface area contributed by atoms with Gasteiger partial charge in [-0.1, -0.05) is 13.0 Å². The highest BCUT2D eigenvalue weighted by atomic mass is 16.1. The van der Waals surface area contributed by atoms with E-state index in [-0.39, 0.29) is 0 Å². The lowest BCUT2D eigenvalue weighted by molar-refractivity contribution is 0.351. The van der Waals surface area contributed by atoms with Crippen LogP contribution in [-0.4, -0.2) is 30.6 Å². The van der Waals surface area contributed by atoms with E-state index >= 15 is 0 Å². The maximum atomic E-state index is 9.75. The molecule has 12 heavy (non-hydrogen) atoms. The Kier molecular flexibility index (Phi) is 3.71. The van der Waals surface area contributed by atoms with E-state index in [0.717, 1.165) is 19.6 Å². The van der Waals surface area contributed by atoms with Crippen molar-refractivity contribution in [1.82, 2.24) is 4.90 Å². The van der Waals surface area contributed by atoms with Gasteiger partial charge in [0.05, 0.1) is 0 Å². The fourth-order valence-electron chi connectivity index (χ4n) is 1.50. The van der Waals surface area contributed by atoms with Crippen LogP contribution in [0.15, 0.2) is 17.3 Å². The van der Waals surface area contributed by atoms with Crippen molar-refractivity contribution in [2.45, 2.75) is 13.3 Å². The topological polar surface area (TPSA) is 32.7 Å². The first kappa shape index (κ1) is 9.17. The molecule has 1 aliphatic rings. The van der Waals surface area contributed by atoms with Crippen molar-refractivity contribution in [3.63, 3.8) is 0 Å². The highest BCUT2D eigenvalue weighted by Gasteiger charge is 2.17. The van der Waals surface area contributed by atoms with Crippen molar-refractivity contribution in [3.8, 4) is 0 Å². The average molecular weight is 166 g/mol. The Morgan fingerprint density at radius 1 is 1.75 bits per heavy atom. The summed E-state index contributed by atoms with van der Waals surface area (Å²) in [4.78, 5) is 15.5. The van der Waals surface area contributed by atoms with Gasteiger partial charge in [-0.2, -0.15) is 4.99 Å². The molecule has 0 aromatic carbocycles. The summed E-state index contributed by atoms with van der Waals surface area (Å²) in [5, 5.41) is 0. The Morgan fingerprint density at radius 2 is 2.58 bits per heavy atom. The molecule has 0 bridgehead atoms. The maximum Gasteiger partial charge on any atom is 0.239 e. The molecule has 0 aromatic rings. The molecular weight excluding hydrogens is 152 g/mol. The van der Waals surface area contributed by atoms with Gasteiger partial charge in [0.25, 0.3) is 0 Å². The molecule has 0 saturated carbocycles. The lowest BCUT2D eigenvalue weighted by Gasteiger charge is -2.10. The number of carbonyl (C=O) groups excluding carboxylic acids is 1. The SMILES string of the molecule is CCN1CCC(/C=C\N=C=O)C1. The lowest BCUT2D eigenvalue weighted by atomic mass is 10.1. The minimum Gasteiger partial charge on any atom is -0.303 e. The predicted molar refractivity (Wildman–Crippen MR) is 47.5 cm³/mol. The molecule has 0 spiro atoms. The minimum atomic E-state index is 0.571. The van der Waals surface area contributed by atoms with E-state index in [9.17, 15) is 4.79 Å². The molecule has 1 saturated heterocycles. The molecule has 1 rings (SSSR count). The zero-order chi connectivity index (χ0) is 8.81. The van der Waals surface area contributed by atoms with E-state index in [1.54, 1.807) is 6.20 Å². The Balaban J connectivity index is 2.32. The number of aliphatic imine (C=N–C) groups is 1. The summed E-state index contributed by atoms with van der Waals surface area (Å²) in [5.41, 5.74) is 0. The number of nitrogens with zero attached hydrogens (tertiary/aromatic N) is 2. The average Bonchev–Trinajstić information content (AvgIpc) is 2.53. The van der Waals surface area contributed by atoms with Crippen molar-refractivity contribution >= 4 is 6.08 Å². The second-order valence-corrected chi connectivity index (χ2v) is 3.00. The second-order valence-electron chi connectivity index (χ2n) is 3.00. The Bertz CT molecular complexity index is 207. The molecule has 1 fully saturated rings. The molecule has 0 radical (unpaired) electrons. The second kappa shape index (κ2) is 4.86. The van der Waals surface area contributed by atoms with Crippen LogP contribution in [0.4, 0.5) is 0 Å². The number of isocyanates is 1. The molecular formula is C9H14N2O. The van der Waals surface area contributed by atoms with Gasteiger partial charge in [0.15, 0.2) is 0 Å². The predicted octanol–water partition coefficient (Wildman–Crippen LogP) is 1.18. The largest absolute Gasteiger partial charge is 0.303 e. The molecule has 3 nitrogen and oxygen atoms in total. The molecule has 1 aliphatic heterocycles. The van der Waals surface area contributed by atoms with Crippen LogP contribution >= 0.6 is 0 Å². The third-order valence-corrected chi connectivity index (χ3v) is 2.24. The van der Waals surface area contributed by atoms with Crippen molar-refractivity contribution in [2.24, 2.45) is 10.9 Å². The smallest absolute Gasteiger partial charge is 0.239 e. The Labute approximate surface area is 72.8 Å². The van der Waals surface area contributed by atoms with E-state index < -0.39 is 0 Å². The summed E-state index contributed by atoms with van der Waals surface area (Å²) in [6, 6.07) is 0. The van der Waals surface area contributed by atoms with Gasteiger partial charge in [-0.3, -0.25) is 0 Å². The highest BCUT2D eigenvalue weighted by molar-refractivity contribution is 5.34. The van der Waals surface area contributed by atoms with E-state index in [4.69, 9.17) is 0 Å². The molecule has 0 N–H and O–H groups in total. The quantitative estimate of drug-likeness (QED) is 0.466. The third kappa shape index (κ3) is 2.61. The van der Waals surface area contributed by atoms with E-state index in [1.165, 1.54) is 12.5 Å². The van der Waals surface area contributed by atoms with Gasteiger partial charge in [-0.25, -0.2) is 4.79 Å². The Hall–Kier alpha value is -0.920. The number of rotatable bonds is 3. The fraction of sp³-hybridized carbons (Fsp3) is 0.667. The van der Waals surface area contributed by atoms with Gasteiger partial charge >= 0.3 is 0 Å². The zero-order valence-corrected chi connectivity index (χ0v) is 7.36. The number of hydrogen-bond acceptors (Lipinski definition) is 3. The van der Waals surface area contributed by atoms with Gasteiger partial charge in [0.1, 0.15) is 0 Å². The van der Waals surface area contributed by atoms with Gasteiger partial charge < -0.3 is 4.90 Å². The summed E-state index contributed by atoms with van der Waals surface area (Å²) in [5.74, 6) is 0.571. The fourth-order valence-corrected chi connectivity index (χ4v) is 1.50. The molecule has 1 atom stereocenters. The van der Waals surface area contributed by atoms with Crippen LogP contribution in [0.5, 0.6) is 0 Å². The van der Waals surface area contributed by atoms with Crippen LogP contribution in [-0.2, 0) is 4.79 Å². The summed E-state index contributed by atoms with van der Waals surface area (Å²) >= 11 is 0.